The van der Waals surface area contributed by atoms with Gasteiger partial charge in [0.25, 0.3) is 5.91 Å². The molecule has 0 aliphatic carbocycles. The monoisotopic (exact) mass is 393 g/mol. The Morgan fingerprint density at radius 2 is 1.88 bits per heavy atom. The molecule has 1 aromatic rings. The van der Waals surface area contributed by atoms with Crippen LogP contribution in [0.15, 0.2) is 18.2 Å². The van der Waals surface area contributed by atoms with Gasteiger partial charge < -0.3 is 16.0 Å². The number of amides is 2. The van der Waals surface area contributed by atoms with Crippen LogP contribution in [0.3, 0.4) is 0 Å². The molecule has 1 unspecified atom stereocenters. The molecule has 1 aliphatic heterocycles. The summed E-state index contributed by atoms with van der Waals surface area (Å²) < 4.78 is 0. The molecule has 5 nitrogen and oxygen atoms in total. The number of hydrogen-bond donors (Lipinski definition) is 2. The van der Waals surface area contributed by atoms with Crippen LogP contribution in [-0.2, 0) is 4.79 Å². The van der Waals surface area contributed by atoms with Gasteiger partial charge in [-0.3, -0.25) is 9.59 Å². The Labute approximate surface area is 158 Å². The van der Waals surface area contributed by atoms with Gasteiger partial charge in [-0.05, 0) is 50.4 Å². The zero-order valence-corrected chi connectivity index (χ0v) is 15.6. The molecule has 2 rings (SSSR count). The van der Waals surface area contributed by atoms with E-state index < -0.39 is 6.04 Å². The number of halogens is 3. The lowest BCUT2D eigenvalue weighted by atomic mass is 10.1. The molecule has 1 aromatic carbocycles. The molecule has 0 bridgehead atoms. The van der Waals surface area contributed by atoms with E-state index >= 15 is 0 Å². The van der Waals surface area contributed by atoms with Crippen molar-refractivity contribution in [2.45, 2.75) is 31.7 Å². The molecule has 8 heteroatoms. The molecule has 134 valence electrons. The quantitative estimate of drug-likeness (QED) is 0.728. The maximum atomic E-state index is 12.7. The van der Waals surface area contributed by atoms with Crippen molar-refractivity contribution in [2.75, 3.05) is 19.6 Å². The van der Waals surface area contributed by atoms with Crippen molar-refractivity contribution in [2.24, 2.45) is 5.73 Å². The van der Waals surface area contributed by atoms with Crippen LogP contribution >= 0.6 is 35.6 Å². The van der Waals surface area contributed by atoms with Crippen molar-refractivity contribution < 1.29 is 9.59 Å². The lowest BCUT2D eigenvalue weighted by molar-refractivity contribution is -0.124. The molecule has 1 aliphatic rings. The summed E-state index contributed by atoms with van der Waals surface area (Å²) in [5.74, 6) is -0.324. The highest BCUT2D eigenvalue weighted by Crippen LogP contribution is 2.24. The number of carbonyl (C=O) groups is 2. The molecule has 0 saturated carbocycles. The van der Waals surface area contributed by atoms with E-state index in [4.69, 9.17) is 28.9 Å². The fourth-order valence-electron chi connectivity index (χ4n) is 2.72. The van der Waals surface area contributed by atoms with E-state index in [2.05, 4.69) is 5.32 Å². The first-order valence-corrected chi connectivity index (χ1v) is 8.53. The first-order chi connectivity index (χ1) is 11.0. The Hall–Kier alpha value is -1.01. The summed E-state index contributed by atoms with van der Waals surface area (Å²) in [5.41, 5.74) is 5.84. The topological polar surface area (TPSA) is 75.4 Å². The number of nitrogens with two attached hydrogens (primary N) is 1. The van der Waals surface area contributed by atoms with Crippen LogP contribution in [-0.4, -0.2) is 42.4 Å². The fourth-order valence-corrected chi connectivity index (χ4v) is 3.25. The fraction of sp³-hybridized carbons (Fsp3) is 0.500. The third-order valence-corrected chi connectivity index (χ3v) is 4.29. The average molecular weight is 395 g/mol. The van der Waals surface area contributed by atoms with E-state index in [-0.39, 0.29) is 24.2 Å². The standard InChI is InChI=1S/C16H21Cl2N3O2.ClH/c17-12-8-11(9-13(18)10-12)16(23)21-7-3-4-14(21)15(22)20-6-2-1-5-19;/h8-10,14H,1-7,19H2,(H,20,22);1H. The smallest absolute Gasteiger partial charge is 0.254 e. The Morgan fingerprint density at radius 1 is 1.21 bits per heavy atom. The van der Waals surface area contributed by atoms with Crippen LogP contribution in [0.2, 0.25) is 10.0 Å². The molecule has 0 aromatic heterocycles. The normalized spacial score (nSPS) is 16.6. The number of hydrogen-bond acceptors (Lipinski definition) is 3. The predicted molar refractivity (Wildman–Crippen MR) is 99.1 cm³/mol. The van der Waals surface area contributed by atoms with Gasteiger partial charge in [0.1, 0.15) is 6.04 Å². The molecule has 1 saturated heterocycles. The second-order valence-corrected chi connectivity index (χ2v) is 6.47. The first kappa shape index (κ1) is 21.0. The van der Waals surface area contributed by atoms with Gasteiger partial charge in [0.05, 0.1) is 0 Å². The summed E-state index contributed by atoms with van der Waals surface area (Å²) in [4.78, 5) is 26.6. The summed E-state index contributed by atoms with van der Waals surface area (Å²) in [5, 5.41) is 3.69. The van der Waals surface area contributed by atoms with Gasteiger partial charge in [0.15, 0.2) is 0 Å². The molecule has 1 atom stereocenters. The van der Waals surface area contributed by atoms with Gasteiger partial charge in [0, 0.05) is 28.7 Å². The molecule has 1 heterocycles. The van der Waals surface area contributed by atoms with Crippen molar-refractivity contribution in [1.82, 2.24) is 10.2 Å². The molecule has 1 fully saturated rings. The van der Waals surface area contributed by atoms with Gasteiger partial charge in [-0.25, -0.2) is 0 Å². The van der Waals surface area contributed by atoms with Crippen LogP contribution in [0.5, 0.6) is 0 Å². The number of rotatable bonds is 6. The minimum Gasteiger partial charge on any atom is -0.354 e. The van der Waals surface area contributed by atoms with Crippen LogP contribution in [0.1, 0.15) is 36.0 Å². The van der Waals surface area contributed by atoms with E-state index in [9.17, 15) is 9.59 Å². The van der Waals surface area contributed by atoms with Crippen molar-refractivity contribution in [3.05, 3.63) is 33.8 Å². The molecule has 0 radical (unpaired) electrons. The number of nitrogens with one attached hydrogen (secondary N) is 1. The van der Waals surface area contributed by atoms with Crippen LogP contribution in [0, 0.1) is 0 Å². The number of unbranched alkanes of at least 4 members (excludes halogenated alkanes) is 1. The molecule has 3 N–H and O–H groups in total. The summed E-state index contributed by atoms with van der Waals surface area (Å²) in [7, 11) is 0. The first-order valence-electron chi connectivity index (χ1n) is 7.78. The third-order valence-electron chi connectivity index (χ3n) is 3.86. The van der Waals surface area contributed by atoms with Crippen LogP contribution in [0.25, 0.3) is 0 Å². The number of carbonyl (C=O) groups excluding carboxylic acids is 2. The van der Waals surface area contributed by atoms with Gasteiger partial charge in [-0.15, -0.1) is 12.4 Å². The number of benzene rings is 1. The minimum atomic E-state index is -0.432. The largest absolute Gasteiger partial charge is 0.354 e. The Morgan fingerprint density at radius 3 is 2.50 bits per heavy atom. The zero-order valence-electron chi connectivity index (χ0n) is 13.3. The van der Waals surface area contributed by atoms with Gasteiger partial charge in [0.2, 0.25) is 5.91 Å². The van der Waals surface area contributed by atoms with E-state index in [0.717, 1.165) is 19.3 Å². The van der Waals surface area contributed by atoms with Gasteiger partial charge >= 0.3 is 0 Å². The zero-order chi connectivity index (χ0) is 16.8. The van der Waals surface area contributed by atoms with Crippen molar-refractivity contribution in [3.63, 3.8) is 0 Å². The highest BCUT2D eigenvalue weighted by molar-refractivity contribution is 6.35. The van der Waals surface area contributed by atoms with Gasteiger partial charge in [-0.1, -0.05) is 23.2 Å². The third kappa shape index (κ3) is 5.52. The highest BCUT2D eigenvalue weighted by atomic mass is 35.5. The number of likely N-dealkylation sites (tertiary alicyclic amines) is 1. The van der Waals surface area contributed by atoms with Crippen molar-refractivity contribution >= 4 is 47.4 Å². The maximum Gasteiger partial charge on any atom is 0.254 e. The molecule has 2 amide bonds. The van der Waals surface area contributed by atoms with Crippen LogP contribution < -0.4 is 11.1 Å². The van der Waals surface area contributed by atoms with E-state index in [1.807, 2.05) is 0 Å². The molecule has 24 heavy (non-hydrogen) atoms. The maximum absolute atomic E-state index is 12.7. The molecular weight excluding hydrogens is 373 g/mol. The summed E-state index contributed by atoms with van der Waals surface area (Å²) in [6.07, 6.45) is 3.19. The molecule has 0 spiro atoms. The summed E-state index contributed by atoms with van der Waals surface area (Å²) >= 11 is 11.9. The average Bonchev–Trinajstić information content (AvgIpc) is 2.99. The van der Waals surface area contributed by atoms with Crippen LogP contribution in [0.4, 0.5) is 0 Å². The summed E-state index contributed by atoms with van der Waals surface area (Å²) in [6, 6.07) is 4.29. The van der Waals surface area contributed by atoms with E-state index in [0.29, 0.717) is 41.7 Å². The SMILES string of the molecule is Cl.NCCCCNC(=O)C1CCCN1C(=O)c1cc(Cl)cc(Cl)c1. The highest BCUT2D eigenvalue weighted by Gasteiger charge is 2.34. The van der Waals surface area contributed by atoms with Crippen molar-refractivity contribution in [3.8, 4) is 0 Å². The van der Waals surface area contributed by atoms with E-state index in [1.165, 1.54) is 0 Å². The summed E-state index contributed by atoms with van der Waals surface area (Å²) in [6.45, 7) is 1.75. The second kappa shape index (κ2) is 10.1. The minimum absolute atomic E-state index is 0. The molecular formula is C16H22Cl3N3O2. The Balaban J connectivity index is 0.00000288. The van der Waals surface area contributed by atoms with Gasteiger partial charge in [-0.2, -0.15) is 0 Å². The number of nitrogens with zero attached hydrogens (tertiary/aromatic N) is 1. The second-order valence-electron chi connectivity index (χ2n) is 5.60. The van der Waals surface area contributed by atoms with E-state index in [1.54, 1.807) is 23.1 Å². The van der Waals surface area contributed by atoms with Crippen molar-refractivity contribution in [1.29, 1.82) is 0 Å². The lowest BCUT2D eigenvalue weighted by Gasteiger charge is -2.24. The Bertz CT molecular complexity index is 563. The predicted octanol–water partition coefficient (Wildman–Crippen LogP) is 2.87. The lowest BCUT2D eigenvalue weighted by Crippen LogP contribution is -2.46. The Kier molecular flexibility index (Phi) is 8.84.